The minimum atomic E-state index is -5.90. The maximum Gasteiger partial charge on any atom is 0.463 e. The van der Waals surface area contributed by atoms with Crippen LogP contribution in [0.2, 0.25) is 0 Å². The van der Waals surface area contributed by atoms with Crippen molar-refractivity contribution in [1.29, 1.82) is 0 Å². The Morgan fingerprint density at radius 3 is 2.24 bits per heavy atom. The van der Waals surface area contributed by atoms with E-state index >= 15 is 0 Å². The van der Waals surface area contributed by atoms with Crippen LogP contribution in [0.4, 0.5) is 22.0 Å². The second-order valence-corrected chi connectivity index (χ2v) is 4.04. The molecule has 1 saturated carbocycles. The van der Waals surface area contributed by atoms with E-state index in [-0.39, 0.29) is 6.54 Å². The summed E-state index contributed by atoms with van der Waals surface area (Å²) in [6.45, 7) is -0.369. The summed E-state index contributed by atoms with van der Waals surface area (Å²) in [5.41, 5.74) is 0. The van der Waals surface area contributed by atoms with E-state index in [0.29, 0.717) is 19.3 Å². The molecule has 1 aliphatic carbocycles. The molecule has 0 aromatic rings. The summed E-state index contributed by atoms with van der Waals surface area (Å²) >= 11 is 0. The van der Waals surface area contributed by atoms with Gasteiger partial charge in [0.1, 0.15) is 0 Å². The number of hydrogen-bond acceptors (Lipinski definition) is 2. The summed E-state index contributed by atoms with van der Waals surface area (Å²) in [6, 6.07) is 0. The molecule has 2 atom stereocenters. The highest BCUT2D eigenvalue weighted by atomic mass is 19.4. The maximum absolute atomic E-state index is 12.5. The van der Waals surface area contributed by atoms with Gasteiger partial charge in [0.05, 0.1) is 6.10 Å². The SMILES string of the molecule is O=C(NCC1CCCC1O)C(F)(F)C(F)(F)F. The van der Waals surface area contributed by atoms with Crippen LogP contribution in [0, 0.1) is 5.92 Å². The van der Waals surface area contributed by atoms with Crippen molar-refractivity contribution in [2.45, 2.75) is 37.5 Å². The van der Waals surface area contributed by atoms with Crippen LogP contribution in [0.1, 0.15) is 19.3 Å². The summed E-state index contributed by atoms with van der Waals surface area (Å²) in [5.74, 6) is -8.22. The highest BCUT2D eigenvalue weighted by Crippen LogP contribution is 2.35. The Bertz CT molecular complexity index is 292. The van der Waals surface area contributed by atoms with Crippen LogP contribution in [0.25, 0.3) is 0 Å². The summed E-state index contributed by atoms with van der Waals surface area (Å²) in [4.78, 5) is 10.7. The van der Waals surface area contributed by atoms with Gasteiger partial charge in [-0.1, -0.05) is 6.42 Å². The lowest BCUT2D eigenvalue weighted by Gasteiger charge is -2.21. The monoisotopic (exact) mass is 261 g/mol. The molecular weight excluding hydrogens is 249 g/mol. The van der Waals surface area contributed by atoms with Gasteiger partial charge in [0.25, 0.3) is 5.91 Å². The summed E-state index contributed by atoms with van der Waals surface area (Å²) in [5, 5.41) is 10.8. The van der Waals surface area contributed by atoms with Gasteiger partial charge in [-0.3, -0.25) is 4.79 Å². The fourth-order valence-electron chi connectivity index (χ4n) is 1.72. The Hall–Kier alpha value is -0.920. The lowest BCUT2D eigenvalue weighted by atomic mass is 10.1. The van der Waals surface area contributed by atoms with Gasteiger partial charge in [-0.25, -0.2) is 0 Å². The first-order valence-corrected chi connectivity index (χ1v) is 5.07. The molecule has 1 fully saturated rings. The van der Waals surface area contributed by atoms with Gasteiger partial charge in [0.15, 0.2) is 0 Å². The van der Waals surface area contributed by atoms with Gasteiger partial charge >= 0.3 is 12.1 Å². The van der Waals surface area contributed by atoms with Gasteiger partial charge in [-0.05, 0) is 12.8 Å². The Kier molecular flexibility index (Phi) is 3.95. The molecule has 3 nitrogen and oxygen atoms in total. The van der Waals surface area contributed by atoms with Crippen molar-refractivity contribution in [1.82, 2.24) is 5.32 Å². The van der Waals surface area contributed by atoms with Gasteiger partial charge in [-0.2, -0.15) is 22.0 Å². The van der Waals surface area contributed by atoms with Crippen LogP contribution >= 0.6 is 0 Å². The fraction of sp³-hybridized carbons (Fsp3) is 0.889. The molecule has 0 bridgehead atoms. The molecule has 1 rings (SSSR count). The predicted octanol–water partition coefficient (Wildman–Crippen LogP) is 1.46. The number of rotatable bonds is 3. The summed E-state index contributed by atoms with van der Waals surface area (Å²) in [6.07, 6.45) is -5.02. The quantitative estimate of drug-likeness (QED) is 0.756. The minimum Gasteiger partial charge on any atom is -0.393 e. The normalized spacial score (nSPS) is 26.0. The molecule has 1 amide bonds. The molecule has 0 aromatic heterocycles. The molecule has 0 aliphatic heterocycles. The Morgan fingerprint density at radius 2 is 1.82 bits per heavy atom. The van der Waals surface area contributed by atoms with Gasteiger partial charge in [0, 0.05) is 12.5 Å². The second kappa shape index (κ2) is 4.75. The van der Waals surface area contributed by atoms with E-state index in [1.165, 1.54) is 5.32 Å². The number of nitrogens with one attached hydrogen (secondary N) is 1. The fourth-order valence-corrected chi connectivity index (χ4v) is 1.72. The predicted molar refractivity (Wildman–Crippen MR) is 47.4 cm³/mol. The third-order valence-corrected chi connectivity index (χ3v) is 2.78. The number of carbonyl (C=O) groups is 1. The van der Waals surface area contributed by atoms with Gasteiger partial charge in [0.2, 0.25) is 0 Å². The molecule has 100 valence electrons. The number of alkyl halides is 5. The van der Waals surface area contributed by atoms with Crippen molar-refractivity contribution in [3.8, 4) is 0 Å². The lowest BCUT2D eigenvalue weighted by molar-refractivity contribution is -0.269. The molecule has 0 spiro atoms. The van der Waals surface area contributed by atoms with Crippen molar-refractivity contribution in [2.75, 3.05) is 6.54 Å². The second-order valence-electron chi connectivity index (χ2n) is 4.04. The third-order valence-electron chi connectivity index (χ3n) is 2.78. The van der Waals surface area contributed by atoms with Crippen LogP contribution in [0.3, 0.4) is 0 Å². The number of hydrogen-bond donors (Lipinski definition) is 2. The first-order valence-electron chi connectivity index (χ1n) is 5.07. The number of amides is 1. The van der Waals surface area contributed by atoms with Gasteiger partial charge < -0.3 is 10.4 Å². The summed E-state index contributed by atoms with van der Waals surface area (Å²) < 4.78 is 60.4. The largest absolute Gasteiger partial charge is 0.463 e. The maximum atomic E-state index is 12.5. The van der Waals surface area contributed by atoms with E-state index in [9.17, 15) is 31.9 Å². The molecule has 0 heterocycles. The highest BCUT2D eigenvalue weighted by molar-refractivity contribution is 5.84. The lowest BCUT2D eigenvalue weighted by Crippen LogP contribution is -2.51. The van der Waals surface area contributed by atoms with E-state index in [2.05, 4.69) is 0 Å². The standard InChI is InChI=1S/C9H12F5NO2/c10-8(11,9(12,13)14)7(17)15-4-5-2-1-3-6(5)16/h5-6,16H,1-4H2,(H,15,17). The van der Waals surface area contributed by atoms with Crippen LogP contribution in [-0.2, 0) is 4.79 Å². The molecule has 0 aromatic carbocycles. The molecule has 1 aliphatic rings. The van der Waals surface area contributed by atoms with E-state index in [4.69, 9.17) is 0 Å². The number of halogens is 5. The molecule has 2 N–H and O–H groups in total. The zero-order valence-corrected chi connectivity index (χ0v) is 8.73. The zero-order chi connectivity index (χ0) is 13.3. The van der Waals surface area contributed by atoms with Crippen LogP contribution in [-0.4, -0.2) is 35.8 Å². The van der Waals surface area contributed by atoms with E-state index in [1.807, 2.05) is 0 Å². The molecule has 2 unspecified atom stereocenters. The molecule has 17 heavy (non-hydrogen) atoms. The average Bonchev–Trinajstić information content (AvgIpc) is 2.58. The molecule has 8 heteroatoms. The van der Waals surface area contributed by atoms with E-state index in [0.717, 1.165) is 0 Å². The first-order chi connectivity index (χ1) is 7.66. The van der Waals surface area contributed by atoms with Crippen molar-refractivity contribution in [3.63, 3.8) is 0 Å². The van der Waals surface area contributed by atoms with Crippen LogP contribution in [0.15, 0.2) is 0 Å². The Labute approximate surface area is 94.0 Å². The van der Waals surface area contributed by atoms with Crippen molar-refractivity contribution < 1.29 is 31.9 Å². The van der Waals surface area contributed by atoms with Crippen molar-refractivity contribution in [2.24, 2.45) is 5.92 Å². The third kappa shape index (κ3) is 3.05. The smallest absolute Gasteiger partial charge is 0.393 e. The first kappa shape index (κ1) is 14.1. The highest BCUT2D eigenvalue weighted by Gasteiger charge is 2.63. The zero-order valence-electron chi connectivity index (χ0n) is 8.73. The molecule has 0 saturated heterocycles. The number of aliphatic hydroxyl groups is 1. The topological polar surface area (TPSA) is 49.3 Å². The van der Waals surface area contributed by atoms with Crippen LogP contribution < -0.4 is 5.32 Å². The minimum absolute atomic E-state index is 0.369. The Morgan fingerprint density at radius 1 is 1.24 bits per heavy atom. The molecule has 0 radical (unpaired) electrons. The average molecular weight is 261 g/mol. The van der Waals surface area contributed by atoms with E-state index < -0.39 is 30.0 Å². The Balaban J connectivity index is 2.49. The van der Waals surface area contributed by atoms with Crippen molar-refractivity contribution >= 4 is 5.91 Å². The van der Waals surface area contributed by atoms with E-state index in [1.54, 1.807) is 0 Å². The summed E-state index contributed by atoms with van der Waals surface area (Å²) in [7, 11) is 0. The number of carbonyl (C=O) groups excluding carboxylic acids is 1. The van der Waals surface area contributed by atoms with Gasteiger partial charge in [-0.15, -0.1) is 0 Å². The number of aliphatic hydroxyl groups excluding tert-OH is 1. The molecular formula is C9H12F5NO2. The van der Waals surface area contributed by atoms with Crippen LogP contribution in [0.5, 0.6) is 0 Å². The van der Waals surface area contributed by atoms with Crippen molar-refractivity contribution in [3.05, 3.63) is 0 Å².